The molecule has 0 saturated carbocycles. The number of nitrogens with zero attached hydrogens (tertiary/aromatic N) is 2. The second-order valence-electron chi connectivity index (χ2n) is 5.06. The summed E-state index contributed by atoms with van der Waals surface area (Å²) in [5, 5.41) is 18.6. The maximum atomic E-state index is 9.53. The molecular weight excluding hydrogens is 427 g/mol. The van der Waals surface area contributed by atoms with E-state index in [0.717, 1.165) is 9.13 Å². The summed E-state index contributed by atoms with van der Waals surface area (Å²) in [6.07, 6.45) is 1.79. The Bertz CT molecular complexity index is 876. The Kier molecular flexibility index (Phi) is 6.85. The molecule has 0 aliphatic rings. The Morgan fingerprint density at radius 3 is 2.52 bits per heavy atom. The fourth-order valence-corrected chi connectivity index (χ4v) is 3.10. The minimum Gasteiger partial charge on any atom is -0.490 e. The number of hydrogen-bond donors (Lipinski definition) is 0. The van der Waals surface area contributed by atoms with Crippen molar-refractivity contribution in [2.24, 2.45) is 0 Å². The third kappa shape index (κ3) is 4.74. The molecule has 0 aliphatic heterocycles. The summed E-state index contributed by atoms with van der Waals surface area (Å²) < 4.78 is 12.3. The van der Waals surface area contributed by atoms with E-state index in [2.05, 4.69) is 34.7 Å². The first-order chi connectivity index (χ1) is 12.1. The van der Waals surface area contributed by atoms with Crippen LogP contribution in [0.5, 0.6) is 11.5 Å². The number of ether oxygens (including phenoxy) is 2. The smallest absolute Gasteiger partial charge is 0.174 e. The van der Waals surface area contributed by atoms with Gasteiger partial charge in [-0.3, -0.25) is 0 Å². The Morgan fingerprint density at radius 1 is 1.12 bits per heavy atom. The van der Waals surface area contributed by atoms with E-state index < -0.39 is 0 Å². The van der Waals surface area contributed by atoms with E-state index in [1.54, 1.807) is 24.3 Å². The molecule has 0 N–H and O–H groups in total. The summed E-state index contributed by atoms with van der Waals surface area (Å²) in [6.45, 7) is 4.92. The zero-order valence-corrected chi connectivity index (χ0v) is 16.2. The van der Waals surface area contributed by atoms with Crippen molar-refractivity contribution in [1.29, 1.82) is 10.5 Å². The van der Waals surface area contributed by atoms with Gasteiger partial charge in [0, 0.05) is 0 Å². The van der Waals surface area contributed by atoms with Gasteiger partial charge in [-0.15, -0.1) is 0 Å². The van der Waals surface area contributed by atoms with Crippen LogP contribution < -0.4 is 9.47 Å². The van der Waals surface area contributed by atoms with Crippen LogP contribution in [0.4, 0.5) is 0 Å². The predicted octanol–water partition coefficient (Wildman–Crippen LogP) is 5.02. The number of halogens is 1. The van der Waals surface area contributed by atoms with Gasteiger partial charge >= 0.3 is 0 Å². The largest absolute Gasteiger partial charge is 0.490 e. The van der Waals surface area contributed by atoms with Crippen molar-refractivity contribution in [3.8, 4) is 23.6 Å². The Labute approximate surface area is 161 Å². The molecule has 0 radical (unpaired) electrons. The molecule has 2 aromatic carbocycles. The quantitative estimate of drug-likeness (QED) is 0.357. The number of hydrogen-bond acceptors (Lipinski definition) is 4. The summed E-state index contributed by atoms with van der Waals surface area (Å²) in [6, 6.07) is 15.1. The van der Waals surface area contributed by atoms with Crippen molar-refractivity contribution in [1.82, 2.24) is 0 Å². The van der Waals surface area contributed by atoms with Gasteiger partial charge in [0.25, 0.3) is 0 Å². The average molecular weight is 444 g/mol. The molecule has 4 nitrogen and oxygen atoms in total. The highest BCUT2D eigenvalue weighted by Crippen LogP contribution is 2.35. The molecule has 0 aliphatic carbocycles. The van der Waals surface area contributed by atoms with Crippen LogP contribution in [0.25, 0.3) is 11.6 Å². The zero-order chi connectivity index (χ0) is 18.2. The maximum Gasteiger partial charge on any atom is 0.174 e. The highest BCUT2D eigenvalue weighted by Gasteiger charge is 2.12. The molecule has 0 aromatic heterocycles. The van der Waals surface area contributed by atoms with Crippen LogP contribution in [0.2, 0.25) is 0 Å². The lowest BCUT2D eigenvalue weighted by Gasteiger charge is -2.13. The molecule has 0 fully saturated rings. The third-order valence-corrected chi connectivity index (χ3v) is 4.16. The molecule has 2 aromatic rings. The molecule has 0 spiro atoms. The maximum absolute atomic E-state index is 9.53. The van der Waals surface area contributed by atoms with Crippen molar-refractivity contribution in [3.05, 3.63) is 56.7 Å². The lowest BCUT2D eigenvalue weighted by molar-refractivity contribution is 0.286. The summed E-state index contributed by atoms with van der Waals surface area (Å²) >= 11 is 2.20. The van der Waals surface area contributed by atoms with Crippen molar-refractivity contribution in [2.75, 3.05) is 13.2 Å². The van der Waals surface area contributed by atoms with Gasteiger partial charge in [-0.1, -0.05) is 12.1 Å². The van der Waals surface area contributed by atoms with Crippen molar-refractivity contribution in [2.45, 2.75) is 13.8 Å². The van der Waals surface area contributed by atoms with Crippen molar-refractivity contribution < 1.29 is 9.47 Å². The Hall–Kier alpha value is -2.51. The standard InChI is InChI=1S/C20H17IN2O2/c1-3-24-19-11-15(10-18(21)20(19)25-4-2)9-17(13-23)16-7-5-6-14(8-16)12-22/h5-11H,3-4H2,1-2H3/b17-9-. The van der Waals surface area contributed by atoms with E-state index in [0.29, 0.717) is 41.4 Å². The van der Waals surface area contributed by atoms with Gasteiger partial charge in [-0.2, -0.15) is 10.5 Å². The molecule has 0 bridgehead atoms. The molecule has 0 atom stereocenters. The van der Waals surface area contributed by atoms with Crippen LogP contribution in [0.3, 0.4) is 0 Å². The summed E-state index contributed by atoms with van der Waals surface area (Å²) in [7, 11) is 0. The summed E-state index contributed by atoms with van der Waals surface area (Å²) in [5.41, 5.74) is 2.56. The predicted molar refractivity (Wildman–Crippen MR) is 106 cm³/mol. The van der Waals surface area contributed by atoms with Crippen LogP contribution in [-0.2, 0) is 0 Å². The second kappa shape index (κ2) is 9.10. The van der Waals surface area contributed by atoms with Crippen LogP contribution in [0.15, 0.2) is 36.4 Å². The molecular formula is C20H17IN2O2. The number of rotatable bonds is 6. The molecule has 126 valence electrons. The fraction of sp³-hybridized carbons (Fsp3) is 0.200. The van der Waals surface area contributed by atoms with Gasteiger partial charge < -0.3 is 9.47 Å². The van der Waals surface area contributed by atoms with E-state index in [4.69, 9.17) is 14.7 Å². The topological polar surface area (TPSA) is 66.0 Å². The van der Waals surface area contributed by atoms with Gasteiger partial charge in [-0.05, 0) is 77.9 Å². The highest BCUT2D eigenvalue weighted by atomic mass is 127. The fourth-order valence-electron chi connectivity index (χ4n) is 2.32. The zero-order valence-electron chi connectivity index (χ0n) is 14.0. The molecule has 25 heavy (non-hydrogen) atoms. The van der Waals surface area contributed by atoms with Crippen LogP contribution in [0.1, 0.15) is 30.5 Å². The van der Waals surface area contributed by atoms with Gasteiger partial charge in [0.1, 0.15) is 0 Å². The molecule has 5 heteroatoms. The summed E-state index contributed by atoms with van der Waals surface area (Å²) in [4.78, 5) is 0. The van der Waals surface area contributed by atoms with Gasteiger partial charge in [-0.25, -0.2) is 0 Å². The summed E-state index contributed by atoms with van der Waals surface area (Å²) in [5.74, 6) is 1.37. The highest BCUT2D eigenvalue weighted by molar-refractivity contribution is 14.1. The van der Waals surface area contributed by atoms with Gasteiger partial charge in [0.2, 0.25) is 0 Å². The molecule has 0 amide bonds. The number of benzene rings is 2. The van der Waals surface area contributed by atoms with Crippen LogP contribution in [0, 0.1) is 26.2 Å². The van der Waals surface area contributed by atoms with Crippen LogP contribution in [-0.4, -0.2) is 13.2 Å². The van der Waals surface area contributed by atoms with Crippen molar-refractivity contribution in [3.63, 3.8) is 0 Å². The molecule has 2 rings (SSSR count). The minimum absolute atomic E-state index is 0.486. The average Bonchev–Trinajstić information content (AvgIpc) is 2.62. The van der Waals surface area contributed by atoms with Gasteiger partial charge in [0.15, 0.2) is 11.5 Å². The SMILES string of the molecule is CCOc1cc(/C=C(/C#N)c2cccc(C#N)c2)cc(I)c1OCC. The normalized spacial score (nSPS) is 10.7. The van der Waals surface area contributed by atoms with Crippen LogP contribution >= 0.6 is 22.6 Å². The Morgan fingerprint density at radius 2 is 1.88 bits per heavy atom. The van der Waals surface area contributed by atoms with Crippen molar-refractivity contribution >= 4 is 34.2 Å². The lowest BCUT2D eigenvalue weighted by atomic mass is 10.0. The van der Waals surface area contributed by atoms with E-state index in [9.17, 15) is 5.26 Å². The number of allylic oxidation sites excluding steroid dienone is 1. The van der Waals surface area contributed by atoms with E-state index in [-0.39, 0.29) is 0 Å². The van der Waals surface area contributed by atoms with Gasteiger partial charge in [0.05, 0.1) is 40.1 Å². The minimum atomic E-state index is 0.486. The molecule has 0 saturated heterocycles. The Balaban J connectivity index is 2.50. The van der Waals surface area contributed by atoms with E-state index in [1.807, 2.05) is 32.0 Å². The second-order valence-corrected chi connectivity index (χ2v) is 6.22. The first kappa shape index (κ1) is 18.8. The number of nitriles is 2. The van der Waals surface area contributed by atoms with E-state index in [1.165, 1.54) is 0 Å². The molecule has 0 unspecified atom stereocenters. The lowest BCUT2D eigenvalue weighted by Crippen LogP contribution is -2.00. The first-order valence-corrected chi connectivity index (χ1v) is 8.92. The first-order valence-electron chi connectivity index (χ1n) is 7.84. The third-order valence-electron chi connectivity index (χ3n) is 3.35. The van der Waals surface area contributed by atoms with E-state index >= 15 is 0 Å². The monoisotopic (exact) mass is 444 g/mol. The molecule has 0 heterocycles.